The van der Waals surface area contributed by atoms with E-state index in [1.807, 2.05) is 0 Å². The Labute approximate surface area is 90.3 Å². The molecule has 0 aromatic rings. The lowest BCUT2D eigenvalue weighted by Crippen LogP contribution is -2.38. The van der Waals surface area contributed by atoms with Gasteiger partial charge in [-0.2, -0.15) is 11.8 Å². The van der Waals surface area contributed by atoms with Crippen LogP contribution in [0.2, 0.25) is 0 Å². The van der Waals surface area contributed by atoms with Gasteiger partial charge in [-0.05, 0) is 6.42 Å². The van der Waals surface area contributed by atoms with Crippen LogP contribution in [0.3, 0.4) is 0 Å². The standard InChI is InChI=1S/C10H19N3S/c1-2-10(11-3-1)12-4-5-13-6-8-14-9-7-13/h1-9H2,(H,11,12). The summed E-state index contributed by atoms with van der Waals surface area (Å²) in [5.74, 6) is 3.85. The van der Waals surface area contributed by atoms with Crippen molar-refractivity contribution in [3.8, 4) is 0 Å². The van der Waals surface area contributed by atoms with Crippen molar-refractivity contribution in [3.05, 3.63) is 0 Å². The second kappa shape index (κ2) is 5.61. The van der Waals surface area contributed by atoms with Gasteiger partial charge in [-0.3, -0.25) is 9.89 Å². The minimum atomic E-state index is 1.03. The van der Waals surface area contributed by atoms with Gasteiger partial charge in [-0.25, -0.2) is 0 Å². The highest BCUT2D eigenvalue weighted by atomic mass is 32.2. The summed E-state index contributed by atoms with van der Waals surface area (Å²) in [7, 11) is 0. The quantitative estimate of drug-likeness (QED) is 0.752. The molecule has 0 spiro atoms. The van der Waals surface area contributed by atoms with Gasteiger partial charge in [0.05, 0.1) is 5.84 Å². The van der Waals surface area contributed by atoms with Crippen LogP contribution in [0.25, 0.3) is 0 Å². The van der Waals surface area contributed by atoms with Gasteiger partial charge >= 0.3 is 0 Å². The fourth-order valence-electron chi connectivity index (χ4n) is 1.87. The van der Waals surface area contributed by atoms with E-state index in [-0.39, 0.29) is 0 Å². The predicted octanol–water partition coefficient (Wildman–Crippen LogP) is 0.817. The molecular weight excluding hydrogens is 194 g/mol. The van der Waals surface area contributed by atoms with Gasteiger partial charge in [0.1, 0.15) is 0 Å². The maximum atomic E-state index is 4.40. The molecule has 1 fully saturated rings. The second-order valence-electron chi connectivity index (χ2n) is 3.81. The van der Waals surface area contributed by atoms with Crippen LogP contribution in [0.5, 0.6) is 0 Å². The molecule has 0 unspecified atom stereocenters. The van der Waals surface area contributed by atoms with E-state index >= 15 is 0 Å². The minimum absolute atomic E-state index is 1.03. The molecule has 2 aliphatic heterocycles. The van der Waals surface area contributed by atoms with Crippen molar-refractivity contribution in [1.29, 1.82) is 0 Å². The predicted molar refractivity (Wildman–Crippen MR) is 63.3 cm³/mol. The summed E-state index contributed by atoms with van der Waals surface area (Å²) in [6.07, 6.45) is 2.40. The van der Waals surface area contributed by atoms with Gasteiger partial charge in [0, 0.05) is 50.7 Å². The molecule has 1 saturated heterocycles. The van der Waals surface area contributed by atoms with Crippen LogP contribution in [0.4, 0.5) is 0 Å². The van der Waals surface area contributed by atoms with Crippen molar-refractivity contribution >= 4 is 17.6 Å². The first-order valence-electron chi connectivity index (χ1n) is 5.52. The molecule has 0 aromatic heterocycles. The Balaban J connectivity index is 1.57. The number of amidine groups is 1. The summed E-state index contributed by atoms with van der Waals surface area (Å²) < 4.78 is 0. The number of hydrogen-bond donors (Lipinski definition) is 1. The molecule has 3 nitrogen and oxygen atoms in total. The van der Waals surface area contributed by atoms with Crippen molar-refractivity contribution < 1.29 is 0 Å². The van der Waals surface area contributed by atoms with E-state index in [9.17, 15) is 0 Å². The lowest BCUT2D eigenvalue weighted by Gasteiger charge is -2.26. The Morgan fingerprint density at radius 3 is 2.93 bits per heavy atom. The summed E-state index contributed by atoms with van der Waals surface area (Å²) in [6, 6.07) is 0. The van der Waals surface area contributed by atoms with Crippen molar-refractivity contribution in [2.24, 2.45) is 4.99 Å². The van der Waals surface area contributed by atoms with Crippen LogP contribution in [-0.2, 0) is 0 Å². The lowest BCUT2D eigenvalue weighted by molar-refractivity contribution is 0.307. The van der Waals surface area contributed by atoms with E-state index in [2.05, 4.69) is 27.0 Å². The monoisotopic (exact) mass is 213 g/mol. The van der Waals surface area contributed by atoms with Crippen LogP contribution >= 0.6 is 11.8 Å². The molecule has 0 radical (unpaired) electrons. The van der Waals surface area contributed by atoms with E-state index in [0.717, 1.165) is 19.5 Å². The Morgan fingerprint density at radius 2 is 2.21 bits per heavy atom. The van der Waals surface area contributed by atoms with Crippen molar-refractivity contribution in [1.82, 2.24) is 10.2 Å². The largest absolute Gasteiger partial charge is 0.373 e. The average Bonchev–Trinajstić information content (AvgIpc) is 2.72. The fraction of sp³-hybridized carbons (Fsp3) is 0.900. The van der Waals surface area contributed by atoms with Crippen LogP contribution in [0.1, 0.15) is 12.8 Å². The van der Waals surface area contributed by atoms with Gasteiger partial charge in [0.2, 0.25) is 0 Å². The van der Waals surface area contributed by atoms with Crippen molar-refractivity contribution in [2.45, 2.75) is 12.8 Å². The smallest absolute Gasteiger partial charge is 0.0964 e. The summed E-state index contributed by atoms with van der Waals surface area (Å²) in [5.41, 5.74) is 0. The summed E-state index contributed by atoms with van der Waals surface area (Å²) in [4.78, 5) is 6.94. The summed E-state index contributed by atoms with van der Waals surface area (Å²) in [6.45, 7) is 5.81. The minimum Gasteiger partial charge on any atom is -0.373 e. The summed E-state index contributed by atoms with van der Waals surface area (Å²) in [5, 5.41) is 3.43. The van der Waals surface area contributed by atoms with Crippen molar-refractivity contribution in [2.75, 3.05) is 44.2 Å². The molecule has 2 heterocycles. The number of rotatable bonds is 3. The molecule has 4 heteroatoms. The Kier molecular flexibility index (Phi) is 4.13. The highest BCUT2D eigenvalue weighted by Gasteiger charge is 2.10. The first kappa shape index (κ1) is 10.3. The number of thioether (sulfide) groups is 1. The van der Waals surface area contributed by atoms with Gasteiger partial charge in [0.15, 0.2) is 0 Å². The fourth-order valence-corrected chi connectivity index (χ4v) is 2.85. The molecule has 0 saturated carbocycles. The number of aliphatic imine (C=N–C) groups is 1. The average molecular weight is 213 g/mol. The highest BCUT2D eigenvalue weighted by molar-refractivity contribution is 7.99. The molecule has 0 aromatic carbocycles. The zero-order valence-corrected chi connectivity index (χ0v) is 9.48. The zero-order chi connectivity index (χ0) is 9.64. The molecular formula is C10H19N3S. The third-order valence-electron chi connectivity index (χ3n) is 2.74. The van der Waals surface area contributed by atoms with Gasteiger partial charge in [0.25, 0.3) is 0 Å². The molecule has 0 atom stereocenters. The molecule has 0 aliphatic carbocycles. The van der Waals surface area contributed by atoms with Crippen LogP contribution in [0, 0.1) is 0 Å². The Bertz CT molecular complexity index is 200. The van der Waals surface area contributed by atoms with Gasteiger partial charge < -0.3 is 5.32 Å². The van der Waals surface area contributed by atoms with Crippen LogP contribution < -0.4 is 5.32 Å². The Morgan fingerprint density at radius 1 is 1.36 bits per heavy atom. The maximum Gasteiger partial charge on any atom is 0.0964 e. The van der Waals surface area contributed by atoms with Gasteiger partial charge in [-0.15, -0.1) is 0 Å². The van der Waals surface area contributed by atoms with E-state index in [4.69, 9.17) is 0 Å². The molecule has 0 bridgehead atoms. The van der Waals surface area contributed by atoms with Gasteiger partial charge in [-0.1, -0.05) is 0 Å². The number of hydrogen-bond acceptors (Lipinski definition) is 4. The molecule has 0 amide bonds. The third-order valence-corrected chi connectivity index (χ3v) is 3.68. The van der Waals surface area contributed by atoms with E-state index in [1.165, 1.54) is 43.4 Å². The lowest BCUT2D eigenvalue weighted by atomic mass is 10.3. The zero-order valence-electron chi connectivity index (χ0n) is 8.67. The normalized spacial score (nSPS) is 23.6. The SMILES string of the molecule is C1CN=C(NCCN2CCSCC2)C1. The van der Waals surface area contributed by atoms with E-state index in [1.54, 1.807) is 0 Å². The van der Waals surface area contributed by atoms with E-state index < -0.39 is 0 Å². The van der Waals surface area contributed by atoms with Crippen LogP contribution in [-0.4, -0.2) is 55.0 Å². The third kappa shape index (κ3) is 3.17. The van der Waals surface area contributed by atoms with E-state index in [0.29, 0.717) is 0 Å². The second-order valence-corrected chi connectivity index (χ2v) is 5.04. The maximum absolute atomic E-state index is 4.40. The molecule has 2 rings (SSSR count). The molecule has 2 aliphatic rings. The molecule has 80 valence electrons. The summed E-state index contributed by atoms with van der Waals surface area (Å²) >= 11 is 2.07. The topological polar surface area (TPSA) is 27.6 Å². The number of nitrogens with one attached hydrogen (secondary N) is 1. The van der Waals surface area contributed by atoms with Crippen LogP contribution in [0.15, 0.2) is 4.99 Å². The first-order valence-corrected chi connectivity index (χ1v) is 6.68. The first-order chi connectivity index (χ1) is 6.95. The number of nitrogens with zero attached hydrogens (tertiary/aromatic N) is 2. The Hall–Kier alpha value is -0.220. The molecule has 14 heavy (non-hydrogen) atoms. The van der Waals surface area contributed by atoms with Crippen molar-refractivity contribution in [3.63, 3.8) is 0 Å². The molecule has 1 N–H and O–H groups in total. The highest BCUT2D eigenvalue weighted by Crippen LogP contribution is 2.08.